The van der Waals surface area contributed by atoms with Gasteiger partial charge in [-0.1, -0.05) is 19.0 Å². The maximum atomic E-state index is 12.5. The van der Waals surface area contributed by atoms with Gasteiger partial charge in [0.1, 0.15) is 0 Å². The number of rotatable bonds is 6. The normalized spacial score (nSPS) is 19.0. The summed E-state index contributed by atoms with van der Waals surface area (Å²) in [5.41, 5.74) is 0.905. The quantitative estimate of drug-likeness (QED) is 0.868. The number of nitrogens with one attached hydrogen (secondary N) is 1. The van der Waals surface area contributed by atoms with Crippen molar-refractivity contribution in [3.8, 4) is 0 Å². The number of hydrogen-bond acceptors (Lipinski definition) is 4. The molecule has 2 heterocycles. The molecule has 112 valence electrons. The summed E-state index contributed by atoms with van der Waals surface area (Å²) in [6.07, 6.45) is 4.15. The molecule has 0 spiro atoms. The molecule has 0 radical (unpaired) electrons. The van der Waals surface area contributed by atoms with Crippen LogP contribution in [0.1, 0.15) is 61.7 Å². The van der Waals surface area contributed by atoms with E-state index in [-0.39, 0.29) is 11.9 Å². The van der Waals surface area contributed by atoms with Gasteiger partial charge in [0.05, 0.1) is 5.69 Å². The second-order valence-electron chi connectivity index (χ2n) is 5.48. The minimum absolute atomic E-state index is 0.0209. The van der Waals surface area contributed by atoms with E-state index in [1.54, 1.807) is 0 Å². The number of amides is 1. The van der Waals surface area contributed by atoms with Crippen LogP contribution in [0.3, 0.4) is 0 Å². The molecule has 5 heteroatoms. The molecule has 1 atom stereocenters. The van der Waals surface area contributed by atoms with E-state index in [2.05, 4.69) is 24.3 Å². The Labute approximate surface area is 120 Å². The SMILES string of the molecule is CCC(CC)c1cc(C(=O)N2CCCC2CNC)on1. The van der Waals surface area contributed by atoms with Crippen LogP contribution < -0.4 is 5.32 Å². The molecule has 1 aliphatic rings. The molecule has 1 aromatic rings. The van der Waals surface area contributed by atoms with Crippen molar-refractivity contribution in [2.45, 2.75) is 51.5 Å². The summed E-state index contributed by atoms with van der Waals surface area (Å²) in [7, 11) is 1.92. The maximum absolute atomic E-state index is 12.5. The van der Waals surface area contributed by atoms with Crippen LogP contribution in [-0.2, 0) is 0 Å². The largest absolute Gasteiger partial charge is 0.351 e. The topological polar surface area (TPSA) is 58.4 Å². The molecule has 20 heavy (non-hydrogen) atoms. The van der Waals surface area contributed by atoms with Crippen LogP contribution in [0, 0.1) is 0 Å². The number of likely N-dealkylation sites (N-methyl/N-ethyl adjacent to an activating group) is 1. The Bertz CT molecular complexity index is 440. The average Bonchev–Trinajstić information content (AvgIpc) is 3.09. The first kappa shape index (κ1) is 15.0. The Morgan fingerprint density at radius 1 is 1.55 bits per heavy atom. The van der Waals surface area contributed by atoms with Crippen LogP contribution in [0.15, 0.2) is 10.6 Å². The molecular weight excluding hydrogens is 254 g/mol. The highest BCUT2D eigenvalue weighted by Crippen LogP contribution is 2.25. The van der Waals surface area contributed by atoms with Gasteiger partial charge in [-0.2, -0.15) is 0 Å². The molecule has 1 N–H and O–H groups in total. The van der Waals surface area contributed by atoms with Crippen molar-refractivity contribution in [3.63, 3.8) is 0 Å². The summed E-state index contributed by atoms with van der Waals surface area (Å²) in [6, 6.07) is 2.10. The van der Waals surface area contributed by atoms with Gasteiger partial charge >= 0.3 is 0 Å². The second-order valence-corrected chi connectivity index (χ2v) is 5.48. The predicted octanol–water partition coefficient (Wildman–Crippen LogP) is 2.40. The van der Waals surface area contributed by atoms with E-state index in [0.717, 1.165) is 44.5 Å². The van der Waals surface area contributed by atoms with E-state index >= 15 is 0 Å². The van der Waals surface area contributed by atoms with Crippen molar-refractivity contribution in [1.82, 2.24) is 15.4 Å². The standard InChI is InChI=1S/C15H25N3O2/c1-4-11(5-2)13-9-14(20-17-13)15(19)18-8-6-7-12(18)10-16-3/h9,11-12,16H,4-8,10H2,1-3H3. The minimum atomic E-state index is -0.0209. The number of likely N-dealkylation sites (tertiary alicyclic amines) is 1. The molecule has 1 amide bonds. The van der Waals surface area contributed by atoms with Crippen molar-refractivity contribution in [2.75, 3.05) is 20.1 Å². The first-order valence-corrected chi connectivity index (χ1v) is 7.63. The number of carbonyl (C=O) groups is 1. The van der Waals surface area contributed by atoms with Gasteiger partial charge in [-0.3, -0.25) is 4.79 Å². The molecule has 0 bridgehead atoms. The Morgan fingerprint density at radius 3 is 2.95 bits per heavy atom. The van der Waals surface area contributed by atoms with Crippen LogP contribution in [0.25, 0.3) is 0 Å². The van der Waals surface area contributed by atoms with Crippen molar-refractivity contribution in [2.24, 2.45) is 0 Å². The van der Waals surface area contributed by atoms with E-state index in [1.807, 2.05) is 18.0 Å². The monoisotopic (exact) mass is 279 g/mol. The molecule has 1 saturated heterocycles. The number of nitrogens with zero attached hydrogens (tertiary/aromatic N) is 2. The van der Waals surface area contributed by atoms with Gasteiger partial charge in [0.2, 0.25) is 5.76 Å². The lowest BCUT2D eigenvalue weighted by Gasteiger charge is -2.23. The van der Waals surface area contributed by atoms with Gasteiger partial charge in [0, 0.05) is 31.1 Å². The molecule has 2 rings (SSSR count). The fraction of sp³-hybridized carbons (Fsp3) is 0.733. The first-order chi connectivity index (χ1) is 9.71. The van der Waals surface area contributed by atoms with Crippen LogP contribution in [0.4, 0.5) is 0 Å². The lowest BCUT2D eigenvalue weighted by Crippen LogP contribution is -2.40. The second kappa shape index (κ2) is 6.88. The molecule has 1 aliphatic heterocycles. The Hall–Kier alpha value is -1.36. The third kappa shape index (κ3) is 3.03. The molecule has 1 fully saturated rings. The van der Waals surface area contributed by atoms with Crippen LogP contribution >= 0.6 is 0 Å². The zero-order chi connectivity index (χ0) is 14.5. The summed E-state index contributed by atoms with van der Waals surface area (Å²) < 4.78 is 5.29. The zero-order valence-electron chi connectivity index (χ0n) is 12.7. The number of aromatic nitrogens is 1. The van der Waals surface area contributed by atoms with E-state index in [0.29, 0.717) is 11.7 Å². The van der Waals surface area contributed by atoms with Crippen molar-refractivity contribution >= 4 is 5.91 Å². The van der Waals surface area contributed by atoms with E-state index in [4.69, 9.17) is 4.52 Å². The van der Waals surface area contributed by atoms with Gasteiger partial charge in [0.15, 0.2) is 0 Å². The summed E-state index contributed by atoms with van der Waals surface area (Å²) >= 11 is 0. The fourth-order valence-corrected chi connectivity index (χ4v) is 2.98. The van der Waals surface area contributed by atoms with Gasteiger partial charge in [-0.15, -0.1) is 0 Å². The lowest BCUT2D eigenvalue weighted by molar-refractivity contribution is 0.0694. The third-order valence-electron chi connectivity index (χ3n) is 4.22. The van der Waals surface area contributed by atoms with E-state index in [9.17, 15) is 4.79 Å². The highest BCUT2D eigenvalue weighted by atomic mass is 16.5. The maximum Gasteiger partial charge on any atom is 0.292 e. The van der Waals surface area contributed by atoms with Gasteiger partial charge < -0.3 is 14.7 Å². The van der Waals surface area contributed by atoms with Crippen LogP contribution in [-0.4, -0.2) is 42.1 Å². The number of hydrogen-bond donors (Lipinski definition) is 1. The smallest absolute Gasteiger partial charge is 0.292 e. The summed E-state index contributed by atoms with van der Waals surface area (Å²) in [4.78, 5) is 14.4. The fourth-order valence-electron chi connectivity index (χ4n) is 2.98. The third-order valence-corrected chi connectivity index (χ3v) is 4.22. The van der Waals surface area contributed by atoms with Crippen molar-refractivity contribution in [3.05, 3.63) is 17.5 Å². The van der Waals surface area contributed by atoms with E-state index < -0.39 is 0 Å². The highest BCUT2D eigenvalue weighted by molar-refractivity contribution is 5.92. The average molecular weight is 279 g/mol. The van der Waals surface area contributed by atoms with Gasteiger partial charge in [0.25, 0.3) is 5.91 Å². The lowest BCUT2D eigenvalue weighted by atomic mass is 9.99. The molecule has 1 aromatic heterocycles. The zero-order valence-corrected chi connectivity index (χ0v) is 12.7. The molecule has 0 saturated carbocycles. The summed E-state index contributed by atoms with van der Waals surface area (Å²) in [5, 5.41) is 7.23. The molecule has 0 aromatic carbocycles. The Kier molecular flexibility index (Phi) is 5.17. The first-order valence-electron chi connectivity index (χ1n) is 7.63. The highest BCUT2D eigenvalue weighted by Gasteiger charge is 2.31. The van der Waals surface area contributed by atoms with Crippen molar-refractivity contribution < 1.29 is 9.32 Å². The molecule has 1 unspecified atom stereocenters. The van der Waals surface area contributed by atoms with Crippen molar-refractivity contribution in [1.29, 1.82) is 0 Å². The summed E-state index contributed by atoms with van der Waals surface area (Å²) in [6.45, 7) is 5.91. The summed E-state index contributed by atoms with van der Waals surface area (Å²) in [5.74, 6) is 0.745. The predicted molar refractivity (Wildman–Crippen MR) is 77.8 cm³/mol. The molecular formula is C15H25N3O2. The number of carbonyl (C=O) groups excluding carboxylic acids is 1. The van der Waals surface area contributed by atoms with Crippen LogP contribution in [0.5, 0.6) is 0 Å². The molecule has 5 nitrogen and oxygen atoms in total. The van der Waals surface area contributed by atoms with E-state index in [1.165, 1.54) is 0 Å². The van der Waals surface area contributed by atoms with Gasteiger partial charge in [-0.25, -0.2) is 0 Å². The Balaban J connectivity index is 2.09. The minimum Gasteiger partial charge on any atom is -0.351 e. The van der Waals surface area contributed by atoms with Gasteiger partial charge in [-0.05, 0) is 32.7 Å². The molecule has 0 aliphatic carbocycles. The Morgan fingerprint density at radius 2 is 2.30 bits per heavy atom. The van der Waals surface area contributed by atoms with Crippen LogP contribution in [0.2, 0.25) is 0 Å².